The van der Waals surface area contributed by atoms with Crippen LogP contribution in [0.25, 0.3) is 0 Å². The smallest absolute Gasteiger partial charge is 0.349 e. The van der Waals surface area contributed by atoms with Gasteiger partial charge in [-0.05, 0) is 25.1 Å². The van der Waals surface area contributed by atoms with Gasteiger partial charge in [-0.25, -0.2) is 9.18 Å². The predicted octanol–water partition coefficient (Wildman–Crippen LogP) is 1.41. The molecular formula is C12H14FNO3. The first-order valence-corrected chi connectivity index (χ1v) is 5.51. The normalized spacial score (nSPS) is 24.3. The maximum absolute atomic E-state index is 13.0. The molecule has 4 nitrogen and oxygen atoms in total. The molecule has 1 atom stereocenters. The highest BCUT2D eigenvalue weighted by Crippen LogP contribution is 2.25. The van der Waals surface area contributed by atoms with E-state index in [4.69, 9.17) is 4.74 Å². The molecule has 0 bridgehead atoms. The lowest BCUT2D eigenvalue weighted by Gasteiger charge is -2.34. The molecule has 0 radical (unpaired) electrons. The monoisotopic (exact) mass is 239 g/mol. The zero-order valence-corrected chi connectivity index (χ0v) is 9.28. The summed E-state index contributed by atoms with van der Waals surface area (Å²) in [5, 5.41) is 12.3. The number of carboxylic acid groups (broad SMARTS) is 1. The number of rotatable bonds is 3. The molecule has 0 saturated carbocycles. The van der Waals surface area contributed by atoms with Crippen molar-refractivity contribution in [3.05, 3.63) is 30.1 Å². The molecule has 0 amide bonds. The summed E-state index contributed by atoms with van der Waals surface area (Å²) in [6.45, 7) is 1.01. The third-order valence-electron chi connectivity index (χ3n) is 2.84. The quantitative estimate of drug-likeness (QED) is 0.837. The number of carbonyl (C=O) groups is 1. The average Bonchev–Trinajstić information content (AvgIpc) is 2.30. The van der Waals surface area contributed by atoms with Crippen LogP contribution in [-0.4, -0.2) is 29.8 Å². The van der Waals surface area contributed by atoms with Crippen LogP contribution in [0.4, 0.5) is 4.39 Å². The summed E-state index contributed by atoms with van der Waals surface area (Å²) in [7, 11) is 0. The molecule has 0 aliphatic carbocycles. The van der Waals surface area contributed by atoms with Crippen molar-refractivity contribution >= 4 is 5.97 Å². The Labute approximate surface area is 98.4 Å². The number of nitrogens with one attached hydrogen (secondary N) is 1. The van der Waals surface area contributed by atoms with Crippen LogP contribution in [0, 0.1) is 5.82 Å². The molecule has 1 aromatic rings. The Morgan fingerprint density at radius 3 is 2.94 bits per heavy atom. The lowest BCUT2D eigenvalue weighted by molar-refractivity contribution is -0.156. The molecule has 0 spiro atoms. The summed E-state index contributed by atoms with van der Waals surface area (Å²) in [6.07, 6.45) is 1.15. The number of carboxylic acids is 1. The van der Waals surface area contributed by atoms with Gasteiger partial charge in [-0.3, -0.25) is 0 Å². The van der Waals surface area contributed by atoms with E-state index in [-0.39, 0.29) is 12.3 Å². The third kappa shape index (κ3) is 2.55. The molecule has 2 rings (SSSR count). The van der Waals surface area contributed by atoms with Crippen molar-refractivity contribution < 1.29 is 19.0 Å². The summed E-state index contributed by atoms with van der Waals surface area (Å²) in [5.74, 6) is -1.21. The van der Waals surface area contributed by atoms with E-state index in [1.807, 2.05) is 0 Å². The van der Waals surface area contributed by atoms with Crippen LogP contribution in [0.5, 0.6) is 5.75 Å². The van der Waals surface area contributed by atoms with Crippen molar-refractivity contribution in [3.63, 3.8) is 0 Å². The number of benzene rings is 1. The summed E-state index contributed by atoms with van der Waals surface area (Å²) >= 11 is 0. The van der Waals surface area contributed by atoms with E-state index in [9.17, 15) is 14.3 Å². The Morgan fingerprint density at radius 1 is 1.53 bits per heavy atom. The van der Waals surface area contributed by atoms with E-state index < -0.39 is 17.4 Å². The second kappa shape index (κ2) is 4.71. The van der Waals surface area contributed by atoms with Crippen LogP contribution < -0.4 is 10.1 Å². The molecule has 1 heterocycles. The first-order valence-electron chi connectivity index (χ1n) is 5.51. The Kier molecular flexibility index (Phi) is 3.28. The molecule has 1 fully saturated rings. The van der Waals surface area contributed by atoms with Gasteiger partial charge < -0.3 is 15.2 Å². The highest BCUT2D eigenvalue weighted by Gasteiger charge is 2.42. The molecule has 1 aromatic carbocycles. The number of aliphatic carboxylic acids is 1. The van der Waals surface area contributed by atoms with Crippen molar-refractivity contribution in [2.24, 2.45) is 0 Å². The Bertz CT molecular complexity index is 416. The van der Waals surface area contributed by atoms with Crippen LogP contribution >= 0.6 is 0 Å². The molecular weight excluding hydrogens is 225 g/mol. The Balaban J connectivity index is 2.20. The van der Waals surface area contributed by atoms with E-state index in [2.05, 4.69) is 5.32 Å². The maximum atomic E-state index is 13.0. The second-order valence-electron chi connectivity index (χ2n) is 4.14. The minimum absolute atomic E-state index is 0.235. The minimum atomic E-state index is -1.29. The van der Waals surface area contributed by atoms with Gasteiger partial charge >= 0.3 is 5.97 Å². The SMILES string of the molecule is O=C(O)C1(Oc2cccc(F)c2)CCCNC1. The maximum Gasteiger partial charge on any atom is 0.349 e. The van der Waals surface area contributed by atoms with Crippen molar-refractivity contribution in [1.29, 1.82) is 0 Å². The average molecular weight is 239 g/mol. The van der Waals surface area contributed by atoms with Gasteiger partial charge in [-0.15, -0.1) is 0 Å². The number of hydrogen-bond acceptors (Lipinski definition) is 3. The first-order chi connectivity index (χ1) is 8.12. The van der Waals surface area contributed by atoms with Gasteiger partial charge in [0.05, 0.1) is 0 Å². The third-order valence-corrected chi connectivity index (χ3v) is 2.84. The predicted molar refractivity (Wildman–Crippen MR) is 59.5 cm³/mol. The molecule has 92 valence electrons. The Hall–Kier alpha value is -1.62. The number of halogens is 1. The van der Waals surface area contributed by atoms with Crippen LogP contribution in [0.3, 0.4) is 0 Å². The molecule has 5 heteroatoms. The van der Waals surface area contributed by atoms with Crippen molar-refractivity contribution in [2.75, 3.05) is 13.1 Å². The molecule has 1 unspecified atom stereocenters. The van der Waals surface area contributed by atoms with Gasteiger partial charge in [0.2, 0.25) is 5.60 Å². The fourth-order valence-corrected chi connectivity index (χ4v) is 1.95. The highest BCUT2D eigenvalue weighted by atomic mass is 19.1. The topological polar surface area (TPSA) is 58.6 Å². The van der Waals surface area contributed by atoms with Gasteiger partial charge in [0.15, 0.2) is 0 Å². The number of hydrogen-bond donors (Lipinski definition) is 2. The fourth-order valence-electron chi connectivity index (χ4n) is 1.95. The molecule has 1 aliphatic heterocycles. The van der Waals surface area contributed by atoms with E-state index >= 15 is 0 Å². The fraction of sp³-hybridized carbons (Fsp3) is 0.417. The molecule has 1 saturated heterocycles. The zero-order valence-electron chi connectivity index (χ0n) is 9.28. The standard InChI is InChI=1S/C12H14FNO3/c13-9-3-1-4-10(7-9)17-12(11(15)16)5-2-6-14-8-12/h1,3-4,7,14H,2,5-6,8H2,(H,15,16). The summed E-state index contributed by atoms with van der Waals surface area (Å²) in [4.78, 5) is 11.3. The Morgan fingerprint density at radius 2 is 2.35 bits per heavy atom. The molecule has 0 aromatic heterocycles. The van der Waals surface area contributed by atoms with Gasteiger partial charge in [-0.1, -0.05) is 6.07 Å². The van der Waals surface area contributed by atoms with Gasteiger partial charge in [0.1, 0.15) is 11.6 Å². The van der Waals surface area contributed by atoms with E-state index in [1.165, 1.54) is 18.2 Å². The van der Waals surface area contributed by atoms with Crippen LogP contribution in [0.15, 0.2) is 24.3 Å². The second-order valence-corrected chi connectivity index (χ2v) is 4.14. The number of piperidine rings is 1. The van der Waals surface area contributed by atoms with Gasteiger partial charge in [-0.2, -0.15) is 0 Å². The molecule has 1 aliphatic rings. The van der Waals surface area contributed by atoms with Gasteiger partial charge in [0, 0.05) is 19.0 Å². The lowest BCUT2D eigenvalue weighted by Crippen LogP contribution is -2.55. The molecule has 17 heavy (non-hydrogen) atoms. The zero-order chi connectivity index (χ0) is 12.3. The van der Waals surface area contributed by atoms with E-state index in [0.29, 0.717) is 6.42 Å². The minimum Gasteiger partial charge on any atom is -0.478 e. The van der Waals surface area contributed by atoms with Crippen LogP contribution in [0.2, 0.25) is 0 Å². The number of ether oxygens (including phenoxy) is 1. The summed E-state index contributed by atoms with van der Waals surface area (Å²) in [5.41, 5.74) is -1.29. The van der Waals surface area contributed by atoms with Gasteiger partial charge in [0.25, 0.3) is 0 Å². The van der Waals surface area contributed by atoms with Crippen molar-refractivity contribution in [3.8, 4) is 5.75 Å². The van der Waals surface area contributed by atoms with E-state index in [1.54, 1.807) is 6.07 Å². The van der Waals surface area contributed by atoms with Crippen molar-refractivity contribution in [1.82, 2.24) is 5.32 Å². The largest absolute Gasteiger partial charge is 0.478 e. The first kappa shape index (κ1) is 11.9. The highest BCUT2D eigenvalue weighted by molar-refractivity contribution is 5.78. The summed E-state index contributed by atoms with van der Waals surface area (Å²) < 4.78 is 18.5. The molecule has 2 N–H and O–H groups in total. The van der Waals surface area contributed by atoms with Crippen LogP contribution in [0.1, 0.15) is 12.8 Å². The van der Waals surface area contributed by atoms with E-state index in [0.717, 1.165) is 13.0 Å². The van der Waals surface area contributed by atoms with Crippen molar-refractivity contribution in [2.45, 2.75) is 18.4 Å². The lowest BCUT2D eigenvalue weighted by atomic mass is 9.94. The summed E-state index contributed by atoms with van der Waals surface area (Å²) in [6, 6.07) is 5.54. The van der Waals surface area contributed by atoms with Crippen LogP contribution in [-0.2, 0) is 4.79 Å².